The Hall–Kier alpha value is -0.220. The molecule has 0 saturated heterocycles. The lowest BCUT2D eigenvalue weighted by Gasteiger charge is -2.38. The van der Waals surface area contributed by atoms with Crippen molar-refractivity contribution in [1.82, 2.24) is 5.32 Å². The van der Waals surface area contributed by atoms with E-state index in [1.807, 2.05) is 18.7 Å². The maximum atomic E-state index is 5.31. The van der Waals surface area contributed by atoms with Gasteiger partial charge >= 0.3 is 0 Å². The van der Waals surface area contributed by atoms with E-state index < -0.39 is 0 Å². The Morgan fingerprint density at radius 3 is 2.82 bits per heavy atom. The number of thioether (sulfide) groups is 1. The molecule has 1 heterocycles. The summed E-state index contributed by atoms with van der Waals surface area (Å²) in [6.07, 6.45) is 7.01. The molecule has 17 heavy (non-hydrogen) atoms. The van der Waals surface area contributed by atoms with Gasteiger partial charge in [-0.05, 0) is 25.2 Å². The van der Waals surface area contributed by atoms with E-state index in [9.17, 15) is 0 Å². The van der Waals surface area contributed by atoms with Crippen LogP contribution in [0.15, 0.2) is 4.99 Å². The van der Waals surface area contributed by atoms with Crippen LogP contribution in [0.25, 0.3) is 0 Å². The highest BCUT2D eigenvalue weighted by molar-refractivity contribution is 8.13. The molecule has 0 radical (unpaired) electrons. The van der Waals surface area contributed by atoms with E-state index in [4.69, 9.17) is 9.73 Å². The van der Waals surface area contributed by atoms with Gasteiger partial charge in [0, 0.05) is 25.4 Å². The molecule has 0 aromatic carbocycles. The van der Waals surface area contributed by atoms with Crippen LogP contribution in [0.4, 0.5) is 0 Å². The number of nitrogens with one attached hydrogen (secondary N) is 1. The Morgan fingerprint density at radius 2 is 2.18 bits per heavy atom. The summed E-state index contributed by atoms with van der Waals surface area (Å²) in [4.78, 5) is 4.72. The number of rotatable bonds is 4. The van der Waals surface area contributed by atoms with Gasteiger partial charge in [0.1, 0.15) is 0 Å². The summed E-state index contributed by atoms with van der Waals surface area (Å²) >= 11 is 1.91. The molecule has 0 unspecified atom stereocenters. The average molecular weight is 256 g/mol. The highest BCUT2D eigenvalue weighted by Crippen LogP contribution is 2.41. The van der Waals surface area contributed by atoms with Gasteiger partial charge in [-0.25, -0.2) is 0 Å². The van der Waals surface area contributed by atoms with Crippen LogP contribution >= 0.6 is 11.8 Å². The van der Waals surface area contributed by atoms with Crippen molar-refractivity contribution >= 4 is 16.9 Å². The van der Waals surface area contributed by atoms with Crippen molar-refractivity contribution in [2.45, 2.75) is 39.0 Å². The molecule has 2 aliphatic rings. The van der Waals surface area contributed by atoms with Gasteiger partial charge in [0.25, 0.3) is 0 Å². The molecule has 4 heteroatoms. The molecule has 1 fully saturated rings. The summed E-state index contributed by atoms with van der Waals surface area (Å²) < 4.78 is 5.31. The van der Waals surface area contributed by atoms with Crippen LogP contribution in [-0.2, 0) is 4.74 Å². The fourth-order valence-electron chi connectivity index (χ4n) is 2.64. The lowest BCUT2D eigenvalue weighted by atomic mass is 9.75. The zero-order valence-electron chi connectivity index (χ0n) is 10.8. The second kappa shape index (κ2) is 6.64. The van der Waals surface area contributed by atoms with E-state index in [2.05, 4.69) is 5.32 Å². The van der Waals surface area contributed by atoms with Crippen LogP contribution < -0.4 is 5.32 Å². The van der Waals surface area contributed by atoms with Crippen LogP contribution in [0.3, 0.4) is 0 Å². The van der Waals surface area contributed by atoms with E-state index in [-0.39, 0.29) is 0 Å². The molecule has 0 aromatic rings. The zero-order chi connectivity index (χ0) is 12.0. The van der Waals surface area contributed by atoms with Crippen molar-refractivity contribution in [2.75, 3.05) is 32.1 Å². The highest BCUT2D eigenvalue weighted by Gasteiger charge is 2.34. The van der Waals surface area contributed by atoms with Crippen LogP contribution in [-0.4, -0.2) is 37.2 Å². The number of hydrogen-bond donors (Lipinski definition) is 1. The van der Waals surface area contributed by atoms with Gasteiger partial charge in [0.05, 0.1) is 6.61 Å². The minimum absolute atomic E-state index is 0.536. The van der Waals surface area contributed by atoms with E-state index in [1.54, 1.807) is 0 Å². The first-order valence-corrected chi connectivity index (χ1v) is 7.82. The summed E-state index contributed by atoms with van der Waals surface area (Å²) in [6.45, 7) is 5.52. The fourth-order valence-corrected chi connectivity index (χ4v) is 3.82. The second-order valence-corrected chi connectivity index (χ2v) is 6.06. The van der Waals surface area contributed by atoms with E-state index >= 15 is 0 Å². The molecular formula is C13H24N2OS. The van der Waals surface area contributed by atoms with Gasteiger partial charge in [-0.2, -0.15) is 0 Å². The first-order chi connectivity index (χ1) is 8.35. The van der Waals surface area contributed by atoms with Crippen LogP contribution in [0.2, 0.25) is 0 Å². The lowest BCUT2D eigenvalue weighted by molar-refractivity contribution is 0.152. The number of aliphatic imine (C=N–C) groups is 1. The Kier molecular flexibility index (Phi) is 5.16. The Morgan fingerprint density at radius 1 is 1.35 bits per heavy atom. The molecular weight excluding hydrogens is 232 g/mol. The predicted octanol–water partition coefficient (Wildman–Crippen LogP) is 2.67. The zero-order valence-corrected chi connectivity index (χ0v) is 11.7. The molecule has 1 aliphatic heterocycles. The molecule has 0 bridgehead atoms. The smallest absolute Gasteiger partial charge is 0.156 e. The van der Waals surface area contributed by atoms with E-state index in [0.29, 0.717) is 5.41 Å². The van der Waals surface area contributed by atoms with Crippen molar-refractivity contribution in [2.24, 2.45) is 10.4 Å². The summed E-state index contributed by atoms with van der Waals surface area (Å²) in [5.74, 6) is 1.26. The quantitative estimate of drug-likeness (QED) is 0.785. The number of amidine groups is 1. The molecule has 98 valence electrons. The minimum atomic E-state index is 0.536. The number of nitrogens with zero attached hydrogens (tertiary/aromatic N) is 1. The molecule has 1 saturated carbocycles. The van der Waals surface area contributed by atoms with Crippen molar-refractivity contribution in [3.05, 3.63) is 0 Å². The fraction of sp³-hybridized carbons (Fsp3) is 0.923. The third-order valence-corrected chi connectivity index (χ3v) is 5.02. The van der Waals surface area contributed by atoms with Gasteiger partial charge in [0.15, 0.2) is 5.17 Å². The molecule has 0 atom stereocenters. The first-order valence-electron chi connectivity index (χ1n) is 6.83. The third-order valence-electron chi connectivity index (χ3n) is 3.71. The van der Waals surface area contributed by atoms with Gasteiger partial charge < -0.3 is 10.1 Å². The average Bonchev–Trinajstić information content (AvgIpc) is 2.38. The summed E-state index contributed by atoms with van der Waals surface area (Å²) in [5, 5.41) is 4.49. The number of ether oxygens (including phenoxy) is 1. The Bertz CT molecular complexity index is 262. The molecule has 1 spiro atoms. The standard InChI is InChI=1S/C13H24N2OS/c1-2-16-9-8-14-12-15-10-13(11-17-12)6-4-3-5-7-13/h2-11H2,1H3,(H,14,15). The van der Waals surface area contributed by atoms with Crippen LogP contribution in [0, 0.1) is 5.41 Å². The van der Waals surface area contributed by atoms with Gasteiger partial charge in [-0.15, -0.1) is 0 Å². The second-order valence-electron chi connectivity index (χ2n) is 5.09. The van der Waals surface area contributed by atoms with E-state index in [0.717, 1.165) is 31.5 Å². The summed E-state index contributed by atoms with van der Waals surface area (Å²) in [6, 6.07) is 0. The lowest BCUT2D eigenvalue weighted by Crippen LogP contribution is -2.37. The van der Waals surface area contributed by atoms with Crippen LogP contribution in [0.5, 0.6) is 0 Å². The topological polar surface area (TPSA) is 33.6 Å². The summed E-state index contributed by atoms with van der Waals surface area (Å²) in [7, 11) is 0. The van der Waals surface area contributed by atoms with Gasteiger partial charge in [-0.1, -0.05) is 31.0 Å². The van der Waals surface area contributed by atoms with Crippen molar-refractivity contribution in [3.63, 3.8) is 0 Å². The number of hydrogen-bond acceptors (Lipinski definition) is 4. The Balaban J connectivity index is 1.72. The molecule has 0 amide bonds. The predicted molar refractivity (Wildman–Crippen MR) is 74.8 cm³/mol. The van der Waals surface area contributed by atoms with E-state index in [1.165, 1.54) is 37.9 Å². The van der Waals surface area contributed by atoms with Crippen LogP contribution in [0.1, 0.15) is 39.0 Å². The Labute approximate surface area is 109 Å². The molecule has 0 aromatic heterocycles. The molecule has 1 aliphatic carbocycles. The maximum Gasteiger partial charge on any atom is 0.156 e. The van der Waals surface area contributed by atoms with Crippen molar-refractivity contribution in [3.8, 4) is 0 Å². The molecule has 1 N–H and O–H groups in total. The van der Waals surface area contributed by atoms with Crippen molar-refractivity contribution < 1.29 is 4.74 Å². The summed E-state index contributed by atoms with van der Waals surface area (Å²) in [5.41, 5.74) is 0.536. The minimum Gasteiger partial charge on any atom is -0.380 e. The largest absolute Gasteiger partial charge is 0.380 e. The first kappa shape index (κ1) is 13.2. The monoisotopic (exact) mass is 256 g/mol. The molecule has 2 rings (SSSR count). The van der Waals surface area contributed by atoms with Gasteiger partial charge in [0.2, 0.25) is 0 Å². The normalized spacial score (nSPS) is 23.5. The third kappa shape index (κ3) is 3.88. The van der Waals surface area contributed by atoms with Gasteiger partial charge in [-0.3, -0.25) is 4.99 Å². The SMILES string of the molecule is CCOCCNC1=NCC2(CCCCC2)CS1. The molecule has 3 nitrogen and oxygen atoms in total. The maximum absolute atomic E-state index is 5.31. The highest BCUT2D eigenvalue weighted by atomic mass is 32.2. The van der Waals surface area contributed by atoms with Crippen molar-refractivity contribution in [1.29, 1.82) is 0 Å².